The fourth-order valence-corrected chi connectivity index (χ4v) is 2.36. The van der Waals surface area contributed by atoms with Crippen molar-refractivity contribution in [3.05, 3.63) is 61.9 Å². The Morgan fingerprint density at radius 1 is 0.765 bits per heavy atom. The van der Waals surface area contributed by atoms with Crippen LogP contribution in [0.4, 0.5) is 0 Å². The van der Waals surface area contributed by atoms with Gasteiger partial charge in [-0.2, -0.15) is 0 Å². The topological polar surface area (TPSA) is 0 Å². The van der Waals surface area contributed by atoms with Crippen LogP contribution in [0.5, 0.6) is 0 Å². The van der Waals surface area contributed by atoms with Gasteiger partial charge in [0.15, 0.2) is 0 Å². The minimum Gasteiger partial charge on any atom is -0.143 e. The van der Waals surface area contributed by atoms with Gasteiger partial charge in [0.05, 0.1) is 0 Å². The second kappa shape index (κ2) is 9.74. The second-order valence-electron chi connectivity index (χ2n) is 2.89. The summed E-state index contributed by atoms with van der Waals surface area (Å²) >= 11 is 14.2. The summed E-state index contributed by atoms with van der Waals surface area (Å²) in [5.74, 6) is 0. The van der Waals surface area contributed by atoms with Crippen LogP contribution < -0.4 is 0 Å². The smallest absolute Gasteiger partial charge is 0.0328 e. The molecule has 0 saturated carbocycles. The number of hydrogen-bond acceptors (Lipinski definition) is 1. The molecule has 17 heavy (non-hydrogen) atoms. The van der Waals surface area contributed by atoms with Crippen LogP contribution in [-0.4, -0.2) is 0 Å². The van der Waals surface area contributed by atoms with E-state index < -0.39 is 0 Å². The molecule has 0 unspecified atom stereocenters. The van der Waals surface area contributed by atoms with Gasteiger partial charge >= 0.3 is 0 Å². The molecule has 0 aliphatic rings. The van der Waals surface area contributed by atoms with Crippen LogP contribution in [-0.2, 0) is 19.5 Å². The molecule has 0 saturated heterocycles. The molecule has 0 nitrogen and oxygen atoms in total. The summed E-state index contributed by atoms with van der Waals surface area (Å²) in [4.78, 5) is 1.02. The van der Waals surface area contributed by atoms with E-state index in [0.29, 0.717) is 0 Å². The van der Waals surface area contributed by atoms with Gasteiger partial charge in [0.1, 0.15) is 0 Å². The summed E-state index contributed by atoms with van der Waals surface area (Å²) in [5.41, 5.74) is 0. The molecule has 0 aliphatic carbocycles. The van der Waals surface area contributed by atoms with Crippen molar-refractivity contribution in [2.45, 2.75) is 4.90 Å². The molecular formula is C12H9Br3SZn. The molecule has 0 radical (unpaired) electrons. The number of halogens is 3. The van der Waals surface area contributed by atoms with Crippen LogP contribution in [0, 0.1) is 0 Å². The van der Waals surface area contributed by atoms with Crippen molar-refractivity contribution in [1.29, 1.82) is 0 Å². The summed E-state index contributed by atoms with van der Waals surface area (Å²) in [7, 11) is 0. The zero-order valence-corrected chi connectivity index (χ0v) is 17.5. The number of hydrogen-bond donors (Lipinski definition) is 1. The largest absolute Gasteiger partial charge is 0.143 e. The monoisotopic (exact) mass is 486 g/mol. The minimum absolute atomic E-state index is 0. The summed E-state index contributed by atoms with van der Waals surface area (Å²) in [5, 5.41) is 0. The number of benzene rings is 2. The van der Waals surface area contributed by atoms with E-state index in [4.69, 9.17) is 0 Å². The Morgan fingerprint density at radius 3 is 1.71 bits per heavy atom. The van der Waals surface area contributed by atoms with Crippen LogP contribution in [0.2, 0.25) is 0 Å². The first-order chi connectivity index (χ1) is 7.59. The third-order valence-corrected chi connectivity index (χ3v) is 4.31. The maximum absolute atomic E-state index is 4.08. The van der Waals surface area contributed by atoms with Crippen molar-refractivity contribution in [2.75, 3.05) is 0 Å². The first-order valence-corrected chi connectivity index (χ1v) is 7.27. The molecule has 0 N–H and O–H groups in total. The van der Waals surface area contributed by atoms with Crippen molar-refractivity contribution in [3.63, 3.8) is 0 Å². The Hall–Kier alpha value is 0.853. The van der Waals surface area contributed by atoms with Crippen LogP contribution in [0.25, 0.3) is 0 Å². The van der Waals surface area contributed by atoms with Crippen molar-refractivity contribution in [2.24, 2.45) is 0 Å². The van der Waals surface area contributed by atoms with Crippen LogP contribution in [0.3, 0.4) is 0 Å². The average molecular weight is 490 g/mol. The molecule has 2 aromatic rings. The van der Waals surface area contributed by atoms with Gasteiger partial charge in [0, 0.05) is 37.8 Å². The van der Waals surface area contributed by atoms with E-state index in [2.05, 4.69) is 60.4 Å². The van der Waals surface area contributed by atoms with Gasteiger partial charge in [-0.25, -0.2) is 0 Å². The van der Waals surface area contributed by atoms with Gasteiger partial charge in [-0.15, -0.1) is 12.6 Å². The van der Waals surface area contributed by atoms with Gasteiger partial charge in [-0.3, -0.25) is 0 Å². The van der Waals surface area contributed by atoms with Crippen LogP contribution >= 0.6 is 60.4 Å². The van der Waals surface area contributed by atoms with Crippen molar-refractivity contribution in [3.8, 4) is 0 Å². The first-order valence-electron chi connectivity index (χ1n) is 4.44. The van der Waals surface area contributed by atoms with Gasteiger partial charge in [-0.1, -0.05) is 34.1 Å². The average Bonchev–Trinajstić information content (AvgIpc) is 2.26. The Bertz CT molecular complexity index is 449. The van der Waals surface area contributed by atoms with E-state index in [-0.39, 0.29) is 19.5 Å². The molecule has 5 heteroatoms. The van der Waals surface area contributed by atoms with E-state index in [1.165, 1.54) is 0 Å². The van der Waals surface area contributed by atoms with Crippen LogP contribution in [0.1, 0.15) is 0 Å². The second-order valence-corrected chi connectivity index (χ2v) is 6.03. The molecule has 0 aromatic heterocycles. The summed E-state index contributed by atoms with van der Waals surface area (Å²) in [6.45, 7) is 0. The molecule has 0 heterocycles. The molecule has 0 spiro atoms. The Labute approximate surface area is 145 Å². The number of rotatable bonds is 0. The van der Waals surface area contributed by atoms with Gasteiger partial charge in [0.25, 0.3) is 0 Å². The van der Waals surface area contributed by atoms with Crippen molar-refractivity contribution in [1.82, 2.24) is 0 Å². The fraction of sp³-hybridized carbons (Fsp3) is 0. The van der Waals surface area contributed by atoms with Crippen LogP contribution in [0.15, 0.2) is 66.8 Å². The Morgan fingerprint density at radius 2 is 1.35 bits per heavy atom. The molecule has 0 amide bonds. The predicted octanol–water partition coefficient (Wildman–Crippen LogP) is 5.95. The zero-order valence-electron chi connectivity index (χ0n) is 8.91. The van der Waals surface area contributed by atoms with Crippen molar-refractivity contribution >= 4 is 60.4 Å². The summed E-state index contributed by atoms with van der Waals surface area (Å²) in [6.07, 6.45) is 0. The Kier molecular flexibility index (Phi) is 10.2. The van der Waals surface area contributed by atoms with E-state index in [1.54, 1.807) is 0 Å². The predicted molar refractivity (Wildman–Crippen MR) is 83.2 cm³/mol. The Balaban J connectivity index is 0.000000292. The maximum Gasteiger partial charge on any atom is 0.0328 e. The SMILES string of the molecule is Brc1ccc(Br)c(Br)c1.Sc1ccccc1.[Zn]. The van der Waals surface area contributed by atoms with E-state index >= 15 is 0 Å². The van der Waals surface area contributed by atoms with Gasteiger partial charge < -0.3 is 0 Å². The first kappa shape index (κ1) is 17.9. The normalized spacial score (nSPS) is 8.71. The summed E-state index contributed by atoms with van der Waals surface area (Å²) in [6, 6.07) is 15.7. The van der Waals surface area contributed by atoms with E-state index in [1.807, 2.05) is 48.5 Å². The zero-order chi connectivity index (χ0) is 12.0. The standard InChI is InChI=1S/C6H3Br3.C6H6S.Zn/c7-4-1-2-5(8)6(9)3-4;7-6-4-2-1-3-5-6;/h1-3H;1-5,7H;. The molecule has 0 fully saturated rings. The fourth-order valence-electron chi connectivity index (χ4n) is 0.898. The van der Waals surface area contributed by atoms with Gasteiger partial charge in [-0.05, 0) is 62.2 Å². The molecule has 86 valence electrons. The molecule has 2 rings (SSSR count). The quantitative estimate of drug-likeness (QED) is 0.264. The third-order valence-electron chi connectivity index (χ3n) is 1.64. The third kappa shape index (κ3) is 7.79. The maximum atomic E-state index is 4.08. The van der Waals surface area contributed by atoms with Crippen molar-refractivity contribution < 1.29 is 19.5 Å². The molecule has 2 aromatic carbocycles. The van der Waals surface area contributed by atoms with E-state index in [0.717, 1.165) is 18.3 Å². The molecular weight excluding hydrogens is 481 g/mol. The molecule has 0 bridgehead atoms. The number of thiol groups is 1. The van der Waals surface area contributed by atoms with E-state index in [9.17, 15) is 0 Å². The van der Waals surface area contributed by atoms with Gasteiger partial charge in [0.2, 0.25) is 0 Å². The molecule has 0 aliphatic heterocycles. The molecule has 0 atom stereocenters. The minimum atomic E-state index is 0. The summed E-state index contributed by atoms with van der Waals surface area (Å²) < 4.78 is 3.22.